The van der Waals surface area contributed by atoms with Gasteiger partial charge in [0.25, 0.3) is 11.5 Å². The number of aromatic nitrogens is 4. The molecule has 27 heavy (non-hydrogen) atoms. The summed E-state index contributed by atoms with van der Waals surface area (Å²) in [5.74, 6) is 0.836. The third kappa shape index (κ3) is 5.27. The van der Waals surface area contributed by atoms with Crippen molar-refractivity contribution in [3.05, 3.63) is 76.5 Å². The number of rotatable bonds is 8. The molecule has 1 amide bonds. The summed E-state index contributed by atoms with van der Waals surface area (Å²) >= 11 is 0. The smallest absolute Gasteiger partial charge is 0.270 e. The Hall–Kier alpha value is -3.42. The predicted octanol–water partition coefficient (Wildman–Crippen LogP) is 1.39. The molecule has 3 rings (SSSR count). The molecule has 0 radical (unpaired) electrons. The summed E-state index contributed by atoms with van der Waals surface area (Å²) in [4.78, 5) is 35.1. The van der Waals surface area contributed by atoms with E-state index < -0.39 is 0 Å². The number of carbonyl (C=O) groups excluding carboxylic acids is 1. The molecule has 0 aliphatic carbocycles. The quantitative estimate of drug-likeness (QED) is 0.586. The lowest BCUT2D eigenvalue weighted by molar-refractivity contribution is 0.0947. The number of benzene rings is 1. The lowest BCUT2D eigenvalue weighted by Gasteiger charge is -2.07. The highest BCUT2D eigenvalue weighted by Crippen LogP contribution is 2.13. The summed E-state index contributed by atoms with van der Waals surface area (Å²) in [5.41, 5.74) is 0.721. The molecule has 0 fully saturated rings. The van der Waals surface area contributed by atoms with Crippen LogP contribution in [0.1, 0.15) is 28.3 Å². The fourth-order valence-electron chi connectivity index (χ4n) is 2.62. The fraction of sp³-hybridized carbons (Fsp3) is 0.263. The first-order chi connectivity index (χ1) is 13.1. The lowest BCUT2D eigenvalue weighted by Crippen LogP contribution is -2.28. The number of hydrogen-bond donors (Lipinski definition) is 2. The number of carbonyl (C=O) groups is 1. The SMILES string of the molecule is COc1ccc(Cc2nc(C(=O)NCCCn3ccnc3)cc(=O)[nH]2)cc1. The van der Waals surface area contributed by atoms with Crippen LogP contribution in [0.3, 0.4) is 0 Å². The second-order valence-corrected chi connectivity index (χ2v) is 6.01. The first kappa shape index (κ1) is 18.4. The molecule has 8 nitrogen and oxygen atoms in total. The van der Waals surface area contributed by atoms with Gasteiger partial charge in [-0.3, -0.25) is 9.59 Å². The van der Waals surface area contributed by atoms with Gasteiger partial charge < -0.3 is 19.6 Å². The summed E-state index contributed by atoms with van der Waals surface area (Å²) in [6.45, 7) is 1.24. The van der Waals surface area contributed by atoms with Crippen LogP contribution < -0.4 is 15.6 Å². The Morgan fingerprint density at radius 2 is 2.11 bits per heavy atom. The van der Waals surface area contributed by atoms with Gasteiger partial charge in [0.2, 0.25) is 0 Å². The molecule has 2 N–H and O–H groups in total. The number of nitrogens with one attached hydrogen (secondary N) is 2. The maximum absolute atomic E-state index is 12.3. The molecule has 3 aromatic rings. The Morgan fingerprint density at radius 3 is 2.81 bits per heavy atom. The van der Waals surface area contributed by atoms with Gasteiger partial charge in [-0.05, 0) is 24.1 Å². The molecule has 2 heterocycles. The van der Waals surface area contributed by atoms with E-state index >= 15 is 0 Å². The number of aryl methyl sites for hydroxylation is 1. The second kappa shape index (κ2) is 8.79. The van der Waals surface area contributed by atoms with Crippen LogP contribution in [-0.2, 0) is 13.0 Å². The van der Waals surface area contributed by atoms with Gasteiger partial charge in [0, 0.05) is 38.0 Å². The van der Waals surface area contributed by atoms with Crippen molar-refractivity contribution in [2.24, 2.45) is 0 Å². The lowest BCUT2D eigenvalue weighted by atomic mass is 10.1. The van der Waals surface area contributed by atoms with Crippen molar-refractivity contribution < 1.29 is 9.53 Å². The molecule has 0 aliphatic heterocycles. The van der Waals surface area contributed by atoms with Gasteiger partial charge in [0.1, 0.15) is 17.3 Å². The van der Waals surface area contributed by atoms with Crippen molar-refractivity contribution in [2.45, 2.75) is 19.4 Å². The minimum Gasteiger partial charge on any atom is -0.497 e. The van der Waals surface area contributed by atoms with Crippen molar-refractivity contribution in [3.63, 3.8) is 0 Å². The van der Waals surface area contributed by atoms with E-state index in [2.05, 4.69) is 20.3 Å². The van der Waals surface area contributed by atoms with Gasteiger partial charge in [0.15, 0.2) is 0 Å². The Bertz CT molecular complexity index is 933. The zero-order valence-electron chi connectivity index (χ0n) is 15.0. The molecular formula is C19H21N5O3. The van der Waals surface area contributed by atoms with Crippen LogP contribution in [0.15, 0.2) is 53.8 Å². The Labute approximate surface area is 156 Å². The maximum Gasteiger partial charge on any atom is 0.270 e. The average Bonchev–Trinajstić information content (AvgIpc) is 3.19. The minimum absolute atomic E-state index is 0.116. The summed E-state index contributed by atoms with van der Waals surface area (Å²) in [5, 5.41) is 2.79. The molecule has 140 valence electrons. The van der Waals surface area contributed by atoms with Crippen LogP contribution in [0.4, 0.5) is 0 Å². The number of imidazole rings is 1. The number of methoxy groups -OCH3 is 1. The molecule has 0 atom stereocenters. The van der Waals surface area contributed by atoms with Gasteiger partial charge in [-0.15, -0.1) is 0 Å². The van der Waals surface area contributed by atoms with Crippen molar-refractivity contribution in [2.75, 3.05) is 13.7 Å². The van der Waals surface area contributed by atoms with Crippen LogP contribution in [0.2, 0.25) is 0 Å². The van der Waals surface area contributed by atoms with Gasteiger partial charge in [0.05, 0.1) is 13.4 Å². The van der Waals surface area contributed by atoms with Gasteiger partial charge in [-0.2, -0.15) is 0 Å². The van der Waals surface area contributed by atoms with Crippen LogP contribution in [0.25, 0.3) is 0 Å². The summed E-state index contributed by atoms with van der Waals surface area (Å²) in [7, 11) is 1.60. The van der Waals surface area contributed by atoms with E-state index in [0.29, 0.717) is 18.8 Å². The van der Waals surface area contributed by atoms with Gasteiger partial charge in [-0.1, -0.05) is 12.1 Å². The monoisotopic (exact) mass is 367 g/mol. The number of amides is 1. The third-order valence-corrected chi connectivity index (χ3v) is 3.99. The maximum atomic E-state index is 12.3. The first-order valence-electron chi connectivity index (χ1n) is 8.61. The zero-order chi connectivity index (χ0) is 19.1. The second-order valence-electron chi connectivity index (χ2n) is 6.01. The molecule has 0 saturated heterocycles. The van der Waals surface area contributed by atoms with Crippen LogP contribution in [-0.4, -0.2) is 39.1 Å². The number of aromatic amines is 1. The predicted molar refractivity (Wildman–Crippen MR) is 99.8 cm³/mol. The summed E-state index contributed by atoms with van der Waals surface area (Å²) in [6.07, 6.45) is 6.48. The van der Waals surface area contributed by atoms with Crippen LogP contribution in [0, 0.1) is 0 Å². The summed E-state index contributed by atoms with van der Waals surface area (Å²) in [6, 6.07) is 8.67. The molecule has 0 spiro atoms. The largest absolute Gasteiger partial charge is 0.497 e. The van der Waals surface area contributed by atoms with Crippen molar-refractivity contribution in [3.8, 4) is 5.75 Å². The van der Waals surface area contributed by atoms with Crippen molar-refractivity contribution >= 4 is 5.91 Å². The fourth-order valence-corrected chi connectivity index (χ4v) is 2.62. The topological polar surface area (TPSA) is 102 Å². The Balaban J connectivity index is 1.59. The van der Waals surface area contributed by atoms with E-state index in [9.17, 15) is 9.59 Å². The molecular weight excluding hydrogens is 346 g/mol. The molecule has 0 unspecified atom stereocenters. The number of hydrogen-bond acceptors (Lipinski definition) is 5. The first-order valence-corrected chi connectivity index (χ1v) is 8.61. The number of ether oxygens (including phenoxy) is 1. The summed E-state index contributed by atoms with van der Waals surface area (Å²) < 4.78 is 7.06. The van der Waals surface area contributed by atoms with E-state index in [1.165, 1.54) is 6.07 Å². The Kier molecular flexibility index (Phi) is 5.98. The molecule has 0 bridgehead atoms. The number of nitrogens with zero attached hydrogens (tertiary/aromatic N) is 3. The van der Waals surface area contributed by atoms with E-state index in [1.807, 2.05) is 35.0 Å². The van der Waals surface area contributed by atoms with Gasteiger partial charge in [-0.25, -0.2) is 9.97 Å². The van der Waals surface area contributed by atoms with E-state index in [-0.39, 0.29) is 17.2 Å². The van der Waals surface area contributed by atoms with E-state index in [1.54, 1.807) is 19.6 Å². The molecule has 0 saturated carbocycles. The molecule has 1 aromatic carbocycles. The Morgan fingerprint density at radius 1 is 1.30 bits per heavy atom. The standard InChI is InChI=1S/C19H21N5O3/c1-27-15-5-3-14(4-6-15)11-17-22-16(12-18(25)23-17)19(26)21-7-2-9-24-10-8-20-13-24/h3-6,8,10,12-13H,2,7,9,11H2,1H3,(H,21,26)(H,22,23,25). The highest BCUT2D eigenvalue weighted by Gasteiger charge is 2.10. The normalized spacial score (nSPS) is 10.6. The third-order valence-electron chi connectivity index (χ3n) is 3.99. The van der Waals surface area contributed by atoms with Crippen LogP contribution in [0.5, 0.6) is 5.75 Å². The van der Waals surface area contributed by atoms with Crippen molar-refractivity contribution in [1.29, 1.82) is 0 Å². The van der Waals surface area contributed by atoms with E-state index in [0.717, 1.165) is 24.3 Å². The highest BCUT2D eigenvalue weighted by molar-refractivity contribution is 5.92. The van der Waals surface area contributed by atoms with E-state index in [4.69, 9.17) is 4.74 Å². The minimum atomic E-state index is -0.359. The molecule has 0 aliphatic rings. The van der Waals surface area contributed by atoms with Crippen molar-refractivity contribution in [1.82, 2.24) is 24.8 Å². The average molecular weight is 367 g/mol. The van der Waals surface area contributed by atoms with Gasteiger partial charge >= 0.3 is 0 Å². The zero-order valence-corrected chi connectivity index (χ0v) is 15.0. The molecule has 2 aromatic heterocycles. The highest BCUT2D eigenvalue weighted by atomic mass is 16.5. The van der Waals surface area contributed by atoms with Crippen LogP contribution >= 0.6 is 0 Å². The number of H-pyrrole nitrogens is 1. The molecule has 8 heteroatoms.